The van der Waals surface area contributed by atoms with Gasteiger partial charge in [-0.1, -0.05) is 6.92 Å². The summed E-state index contributed by atoms with van der Waals surface area (Å²) >= 11 is 1.83. The molecule has 0 bridgehead atoms. The van der Waals surface area contributed by atoms with Crippen molar-refractivity contribution in [2.24, 2.45) is 11.8 Å². The smallest absolute Gasteiger partial charge is 0.243 e. The van der Waals surface area contributed by atoms with E-state index in [1.807, 2.05) is 11.8 Å². The van der Waals surface area contributed by atoms with Gasteiger partial charge in [-0.2, -0.15) is 26.7 Å². The lowest BCUT2D eigenvalue weighted by Crippen LogP contribution is -2.26. The molecule has 114 valence electrons. The van der Waals surface area contributed by atoms with Gasteiger partial charge in [0.1, 0.15) is 0 Å². The summed E-state index contributed by atoms with van der Waals surface area (Å²) in [5.74, 6) is 8.64. The molecule has 1 heterocycles. The summed E-state index contributed by atoms with van der Waals surface area (Å²) in [4.78, 5) is 15.0. The lowest BCUT2D eigenvalue weighted by Gasteiger charge is -2.20. The Morgan fingerprint density at radius 1 is 1.20 bits per heavy atom. The maximum Gasteiger partial charge on any atom is 0.243 e. The minimum absolute atomic E-state index is 0.377. The topological polar surface area (TPSA) is 92.0 Å². The standard InChI is InChI=1S/C12H25N7S/c1-5-19(6-2)12-16-10(15-11(17-12)18-13)14-7-9(3)8-20-4/h9H,5-8,13H2,1-4H3,(H2,14,15,16,17,18). The number of nitrogens with one attached hydrogen (secondary N) is 2. The zero-order chi connectivity index (χ0) is 15.0. The van der Waals surface area contributed by atoms with Crippen molar-refractivity contribution in [2.75, 3.05) is 47.3 Å². The number of nitrogens with zero attached hydrogens (tertiary/aromatic N) is 4. The first-order valence-electron chi connectivity index (χ1n) is 6.84. The summed E-state index contributed by atoms with van der Waals surface area (Å²) in [5.41, 5.74) is 2.49. The fourth-order valence-corrected chi connectivity index (χ4v) is 2.45. The van der Waals surface area contributed by atoms with Crippen LogP contribution in [0.1, 0.15) is 20.8 Å². The Labute approximate surface area is 125 Å². The van der Waals surface area contributed by atoms with E-state index in [1.54, 1.807) is 0 Å². The highest BCUT2D eigenvalue weighted by Crippen LogP contribution is 2.13. The molecule has 1 aromatic heterocycles. The summed E-state index contributed by atoms with van der Waals surface area (Å²) in [6.45, 7) is 8.83. The van der Waals surface area contributed by atoms with Gasteiger partial charge in [-0.05, 0) is 31.8 Å². The fourth-order valence-electron chi connectivity index (χ4n) is 1.77. The van der Waals surface area contributed by atoms with Gasteiger partial charge in [0.15, 0.2) is 0 Å². The molecule has 1 aromatic rings. The van der Waals surface area contributed by atoms with Gasteiger partial charge < -0.3 is 10.2 Å². The van der Waals surface area contributed by atoms with Crippen molar-refractivity contribution in [3.8, 4) is 0 Å². The van der Waals surface area contributed by atoms with E-state index in [1.165, 1.54) is 0 Å². The summed E-state index contributed by atoms with van der Waals surface area (Å²) in [7, 11) is 0. The number of hydrazine groups is 1. The van der Waals surface area contributed by atoms with Crippen molar-refractivity contribution >= 4 is 29.6 Å². The highest BCUT2D eigenvalue weighted by Gasteiger charge is 2.11. The van der Waals surface area contributed by atoms with E-state index in [-0.39, 0.29) is 0 Å². The van der Waals surface area contributed by atoms with Crippen molar-refractivity contribution < 1.29 is 0 Å². The number of rotatable bonds is 9. The second kappa shape index (κ2) is 8.80. The van der Waals surface area contributed by atoms with Crippen molar-refractivity contribution in [3.05, 3.63) is 0 Å². The Bertz CT molecular complexity index is 397. The number of aromatic nitrogens is 3. The van der Waals surface area contributed by atoms with Crippen LogP contribution in [0.25, 0.3) is 0 Å². The molecule has 4 N–H and O–H groups in total. The van der Waals surface area contributed by atoms with E-state index < -0.39 is 0 Å². The molecule has 1 atom stereocenters. The Balaban J connectivity index is 2.82. The molecular formula is C12H25N7S. The van der Waals surface area contributed by atoms with Crippen LogP contribution in [0.2, 0.25) is 0 Å². The molecule has 0 aromatic carbocycles. The fraction of sp³-hybridized carbons (Fsp3) is 0.750. The summed E-state index contributed by atoms with van der Waals surface area (Å²) < 4.78 is 0. The van der Waals surface area contributed by atoms with Crippen LogP contribution in [0.3, 0.4) is 0 Å². The molecule has 0 saturated carbocycles. The summed E-state index contributed by atoms with van der Waals surface area (Å²) in [5, 5.41) is 3.25. The van der Waals surface area contributed by atoms with Crippen LogP contribution in [0, 0.1) is 5.92 Å². The number of hydrogen-bond donors (Lipinski definition) is 3. The molecule has 0 aliphatic rings. The van der Waals surface area contributed by atoms with Gasteiger partial charge in [0.05, 0.1) is 0 Å². The van der Waals surface area contributed by atoms with Crippen molar-refractivity contribution in [3.63, 3.8) is 0 Å². The normalized spacial score (nSPS) is 12.1. The molecule has 0 aliphatic carbocycles. The third-order valence-corrected chi connectivity index (χ3v) is 3.76. The number of thioether (sulfide) groups is 1. The molecule has 8 heteroatoms. The maximum absolute atomic E-state index is 5.42. The molecule has 0 amide bonds. The van der Waals surface area contributed by atoms with Gasteiger partial charge in [-0.15, -0.1) is 0 Å². The Morgan fingerprint density at radius 2 is 1.85 bits per heavy atom. The number of nitrogens with two attached hydrogens (primary N) is 1. The van der Waals surface area contributed by atoms with Crippen LogP contribution in [-0.2, 0) is 0 Å². The number of anilines is 3. The maximum atomic E-state index is 5.42. The Kier molecular flexibility index (Phi) is 7.38. The lowest BCUT2D eigenvalue weighted by molar-refractivity contribution is 0.695. The third kappa shape index (κ3) is 5.01. The first kappa shape index (κ1) is 16.8. The summed E-state index contributed by atoms with van der Waals surface area (Å²) in [6, 6.07) is 0. The van der Waals surface area contributed by atoms with E-state index in [0.717, 1.165) is 25.4 Å². The first-order valence-corrected chi connectivity index (χ1v) is 8.24. The Morgan fingerprint density at radius 3 is 2.40 bits per heavy atom. The van der Waals surface area contributed by atoms with Gasteiger partial charge in [0.2, 0.25) is 17.8 Å². The highest BCUT2D eigenvalue weighted by atomic mass is 32.2. The van der Waals surface area contributed by atoms with Crippen molar-refractivity contribution in [2.45, 2.75) is 20.8 Å². The van der Waals surface area contributed by atoms with Crippen LogP contribution in [0.15, 0.2) is 0 Å². The van der Waals surface area contributed by atoms with Gasteiger partial charge in [-0.25, -0.2) is 5.84 Å². The second-order valence-corrected chi connectivity index (χ2v) is 5.45. The molecule has 1 rings (SSSR count). The molecule has 0 saturated heterocycles. The third-order valence-electron chi connectivity index (χ3n) is 2.86. The van der Waals surface area contributed by atoms with Gasteiger partial charge >= 0.3 is 0 Å². The molecule has 7 nitrogen and oxygen atoms in total. The molecule has 0 radical (unpaired) electrons. The predicted octanol–water partition coefficient (Wildman–Crippen LogP) is 1.41. The van der Waals surface area contributed by atoms with Crippen LogP contribution < -0.4 is 21.5 Å². The van der Waals surface area contributed by atoms with E-state index >= 15 is 0 Å². The zero-order valence-corrected chi connectivity index (χ0v) is 13.5. The number of hydrogen-bond acceptors (Lipinski definition) is 8. The van der Waals surface area contributed by atoms with E-state index in [2.05, 4.69) is 57.6 Å². The number of nitrogen functional groups attached to an aromatic ring is 1. The monoisotopic (exact) mass is 299 g/mol. The van der Waals surface area contributed by atoms with E-state index in [9.17, 15) is 0 Å². The quantitative estimate of drug-likeness (QED) is 0.466. The average Bonchev–Trinajstić information content (AvgIpc) is 2.46. The largest absolute Gasteiger partial charge is 0.354 e. The van der Waals surface area contributed by atoms with Crippen LogP contribution in [-0.4, -0.2) is 46.6 Å². The average molecular weight is 299 g/mol. The summed E-state index contributed by atoms with van der Waals surface area (Å²) in [6.07, 6.45) is 2.11. The molecule has 0 aliphatic heterocycles. The molecule has 0 spiro atoms. The zero-order valence-electron chi connectivity index (χ0n) is 12.7. The van der Waals surface area contributed by atoms with Gasteiger partial charge in [-0.3, -0.25) is 5.43 Å². The van der Waals surface area contributed by atoms with Crippen LogP contribution >= 0.6 is 11.8 Å². The molecule has 1 unspecified atom stereocenters. The highest BCUT2D eigenvalue weighted by molar-refractivity contribution is 7.98. The second-order valence-electron chi connectivity index (χ2n) is 4.54. The van der Waals surface area contributed by atoms with Crippen LogP contribution in [0.5, 0.6) is 0 Å². The van der Waals surface area contributed by atoms with E-state index in [4.69, 9.17) is 5.84 Å². The SMILES string of the molecule is CCN(CC)c1nc(NN)nc(NCC(C)CSC)n1. The molecular weight excluding hydrogens is 274 g/mol. The predicted molar refractivity (Wildman–Crippen MR) is 87.2 cm³/mol. The van der Waals surface area contributed by atoms with Crippen molar-refractivity contribution in [1.82, 2.24) is 15.0 Å². The van der Waals surface area contributed by atoms with Crippen LogP contribution in [0.4, 0.5) is 17.8 Å². The van der Waals surface area contributed by atoms with Crippen molar-refractivity contribution in [1.29, 1.82) is 0 Å². The minimum Gasteiger partial charge on any atom is -0.354 e. The Hall–Kier alpha value is -1.28. The molecule has 20 heavy (non-hydrogen) atoms. The van der Waals surface area contributed by atoms with Gasteiger partial charge in [0, 0.05) is 19.6 Å². The minimum atomic E-state index is 0.377. The molecule has 0 fully saturated rings. The van der Waals surface area contributed by atoms with Gasteiger partial charge in [0.25, 0.3) is 0 Å². The first-order chi connectivity index (χ1) is 9.64. The lowest BCUT2D eigenvalue weighted by atomic mass is 10.2. The van der Waals surface area contributed by atoms with E-state index in [0.29, 0.717) is 23.8 Å².